The van der Waals surface area contributed by atoms with E-state index in [0.29, 0.717) is 17.8 Å². The normalized spacial score (nSPS) is 12.2. The molecule has 0 spiro atoms. The second-order valence-corrected chi connectivity index (χ2v) is 5.12. The van der Waals surface area contributed by atoms with E-state index in [0.717, 1.165) is 6.07 Å². The summed E-state index contributed by atoms with van der Waals surface area (Å²) in [6, 6.07) is 6.57. The molecule has 2 aromatic rings. The maximum absolute atomic E-state index is 12.6. The Morgan fingerprint density at radius 2 is 1.87 bits per heavy atom. The van der Waals surface area contributed by atoms with E-state index in [1.54, 1.807) is 19.1 Å². The van der Waals surface area contributed by atoms with Crippen molar-refractivity contribution >= 4 is 5.91 Å². The summed E-state index contributed by atoms with van der Waals surface area (Å²) in [5.74, 6) is -0.138. The van der Waals surface area contributed by atoms with E-state index in [1.807, 2.05) is 6.92 Å². The summed E-state index contributed by atoms with van der Waals surface area (Å²) in [7, 11) is 0. The summed E-state index contributed by atoms with van der Waals surface area (Å²) < 4.78 is 25.2. The number of carbonyl (C=O) groups excluding carboxylic acids is 1. The fraction of sp³-hybridized carbons (Fsp3) is 0.312. The first-order valence-corrected chi connectivity index (χ1v) is 7.17. The minimum atomic E-state index is -2.53. The molecule has 0 aliphatic carbocycles. The molecule has 1 heterocycles. The second kappa shape index (κ2) is 7.13. The Bertz CT molecular complexity index is 742. The number of aromatic amines is 1. The van der Waals surface area contributed by atoms with Gasteiger partial charge in [-0.1, -0.05) is 31.2 Å². The zero-order valence-electron chi connectivity index (χ0n) is 12.8. The van der Waals surface area contributed by atoms with Crippen molar-refractivity contribution < 1.29 is 13.6 Å². The Kier molecular flexibility index (Phi) is 5.20. The van der Waals surface area contributed by atoms with Crippen molar-refractivity contribution in [3.63, 3.8) is 0 Å². The third kappa shape index (κ3) is 4.21. The first-order valence-electron chi connectivity index (χ1n) is 7.17. The van der Waals surface area contributed by atoms with E-state index in [-0.39, 0.29) is 17.3 Å². The van der Waals surface area contributed by atoms with Crippen LogP contribution >= 0.6 is 0 Å². The predicted octanol–water partition coefficient (Wildman–Crippen LogP) is 2.90. The van der Waals surface area contributed by atoms with Crippen molar-refractivity contribution in [3.05, 3.63) is 63.3 Å². The molecule has 2 N–H and O–H groups in total. The van der Waals surface area contributed by atoms with Crippen molar-refractivity contribution in [2.24, 2.45) is 0 Å². The molecule has 0 radical (unpaired) electrons. The fourth-order valence-corrected chi connectivity index (χ4v) is 2.22. The monoisotopic (exact) mass is 321 g/mol. The average molecular weight is 321 g/mol. The van der Waals surface area contributed by atoms with Gasteiger partial charge in [-0.05, 0) is 18.9 Å². The third-order valence-electron chi connectivity index (χ3n) is 3.40. The highest BCUT2D eigenvalue weighted by Crippen LogP contribution is 2.22. The molecule has 5 nitrogen and oxygen atoms in total. The summed E-state index contributed by atoms with van der Waals surface area (Å²) in [6.45, 7) is 3.45. The van der Waals surface area contributed by atoms with Gasteiger partial charge in [0.2, 0.25) is 0 Å². The van der Waals surface area contributed by atoms with E-state index in [1.165, 1.54) is 12.1 Å². The topological polar surface area (TPSA) is 74.8 Å². The van der Waals surface area contributed by atoms with Gasteiger partial charge in [-0.15, -0.1) is 0 Å². The Morgan fingerprint density at radius 3 is 2.39 bits per heavy atom. The smallest absolute Gasteiger partial charge is 0.270 e. The molecule has 0 unspecified atom stereocenters. The van der Waals surface area contributed by atoms with Gasteiger partial charge in [0.1, 0.15) is 11.5 Å². The van der Waals surface area contributed by atoms with Crippen molar-refractivity contribution in [1.82, 2.24) is 15.3 Å². The van der Waals surface area contributed by atoms with Crippen LogP contribution in [-0.4, -0.2) is 15.9 Å². The third-order valence-corrected chi connectivity index (χ3v) is 3.40. The number of aryl methyl sites for hydroxylation is 1. The number of nitrogens with zero attached hydrogens (tertiary/aromatic N) is 1. The van der Waals surface area contributed by atoms with Gasteiger partial charge < -0.3 is 10.3 Å². The highest BCUT2D eigenvalue weighted by atomic mass is 19.3. The zero-order valence-corrected chi connectivity index (χ0v) is 12.8. The molecular weight excluding hydrogens is 304 g/mol. The number of halogens is 2. The molecule has 0 saturated carbocycles. The standard InChI is InChI=1S/C16H17F2N3O2/c1-3-12(10-4-6-11(7-5-10)15(17)18)21-16(23)13-8-14(22)20-9(2)19-13/h4-8,12,15H,3H2,1-2H3,(H,21,23)(H,19,20,22)/t12-/m1/s1. The molecule has 0 bridgehead atoms. The van der Waals surface area contributed by atoms with Crippen molar-refractivity contribution in [2.75, 3.05) is 0 Å². The molecule has 1 atom stereocenters. The number of aromatic nitrogens is 2. The van der Waals surface area contributed by atoms with Crippen LogP contribution in [0.3, 0.4) is 0 Å². The molecule has 0 aliphatic heterocycles. The highest BCUT2D eigenvalue weighted by Gasteiger charge is 2.16. The van der Waals surface area contributed by atoms with Crippen molar-refractivity contribution in [2.45, 2.75) is 32.7 Å². The Labute approximate surface area is 131 Å². The van der Waals surface area contributed by atoms with Crippen molar-refractivity contribution in [3.8, 4) is 0 Å². The molecule has 0 aliphatic rings. The molecule has 7 heteroatoms. The highest BCUT2D eigenvalue weighted by molar-refractivity contribution is 5.92. The number of benzene rings is 1. The summed E-state index contributed by atoms with van der Waals surface area (Å²) in [6.07, 6.45) is -1.95. The van der Waals surface area contributed by atoms with E-state index in [9.17, 15) is 18.4 Å². The van der Waals surface area contributed by atoms with Gasteiger partial charge in [0.05, 0.1) is 6.04 Å². The van der Waals surface area contributed by atoms with Crippen LogP contribution in [0.4, 0.5) is 8.78 Å². The van der Waals surface area contributed by atoms with Crippen LogP contribution in [0.5, 0.6) is 0 Å². The first kappa shape index (κ1) is 16.8. The minimum absolute atomic E-state index is 0.0221. The molecular formula is C16H17F2N3O2. The Hall–Kier alpha value is -2.57. The van der Waals surface area contributed by atoms with E-state index < -0.39 is 17.9 Å². The summed E-state index contributed by atoms with van der Waals surface area (Å²) >= 11 is 0. The number of alkyl halides is 2. The van der Waals surface area contributed by atoms with E-state index in [2.05, 4.69) is 15.3 Å². The van der Waals surface area contributed by atoms with Crippen LogP contribution in [0, 0.1) is 6.92 Å². The number of H-pyrrole nitrogens is 1. The quantitative estimate of drug-likeness (QED) is 0.889. The lowest BCUT2D eigenvalue weighted by Crippen LogP contribution is -2.30. The molecule has 1 aromatic carbocycles. The van der Waals surface area contributed by atoms with Crippen molar-refractivity contribution in [1.29, 1.82) is 0 Å². The molecule has 2 rings (SSSR count). The molecule has 1 amide bonds. The number of hydrogen-bond acceptors (Lipinski definition) is 3. The van der Waals surface area contributed by atoms with E-state index >= 15 is 0 Å². The largest absolute Gasteiger partial charge is 0.344 e. The fourth-order valence-electron chi connectivity index (χ4n) is 2.22. The van der Waals surface area contributed by atoms with E-state index in [4.69, 9.17) is 0 Å². The Balaban J connectivity index is 2.18. The van der Waals surface area contributed by atoms with Gasteiger partial charge in [-0.2, -0.15) is 0 Å². The molecule has 0 fully saturated rings. The molecule has 23 heavy (non-hydrogen) atoms. The number of rotatable bonds is 5. The number of carbonyl (C=O) groups is 1. The van der Waals surface area contributed by atoms with Crippen LogP contribution in [0.25, 0.3) is 0 Å². The lowest BCUT2D eigenvalue weighted by atomic mass is 10.0. The number of amides is 1. The van der Waals surface area contributed by atoms with Crippen LogP contribution in [0.2, 0.25) is 0 Å². The molecule has 0 saturated heterocycles. The van der Waals surface area contributed by atoms with Gasteiger partial charge in [0.25, 0.3) is 17.9 Å². The molecule has 122 valence electrons. The summed E-state index contributed by atoms with van der Waals surface area (Å²) in [5, 5.41) is 2.76. The van der Waals surface area contributed by atoms with Gasteiger partial charge in [-0.3, -0.25) is 9.59 Å². The lowest BCUT2D eigenvalue weighted by Gasteiger charge is -2.17. The molecule has 1 aromatic heterocycles. The van der Waals surface area contributed by atoms with Crippen LogP contribution in [0.1, 0.15) is 53.3 Å². The van der Waals surface area contributed by atoms with Gasteiger partial charge >= 0.3 is 0 Å². The SMILES string of the molecule is CC[C@@H](NC(=O)c1cc(=O)[nH]c(C)n1)c1ccc(C(F)F)cc1. The minimum Gasteiger partial charge on any atom is -0.344 e. The van der Waals surface area contributed by atoms with Gasteiger partial charge in [0, 0.05) is 11.6 Å². The van der Waals surface area contributed by atoms with Gasteiger partial charge in [0.15, 0.2) is 0 Å². The van der Waals surface area contributed by atoms with Crippen LogP contribution < -0.4 is 10.9 Å². The maximum Gasteiger partial charge on any atom is 0.270 e. The predicted molar refractivity (Wildman–Crippen MR) is 81.5 cm³/mol. The summed E-state index contributed by atoms with van der Waals surface area (Å²) in [5.41, 5.74) is 0.263. The Morgan fingerprint density at radius 1 is 1.26 bits per heavy atom. The summed E-state index contributed by atoms with van der Waals surface area (Å²) in [4.78, 5) is 30.1. The average Bonchev–Trinajstić information content (AvgIpc) is 2.51. The van der Waals surface area contributed by atoms with Crippen LogP contribution in [0.15, 0.2) is 35.1 Å². The van der Waals surface area contributed by atoms with Crippen LogP contribution in [-0.2, 0) is 0 Å². The number of hydrogen-bond donors (Lipinski definition) is 2. The first-order chi connectivity index (χ1) is 10.9. The number of nitrogens with one attached hydrogen (secondary N) is 2. The maximum atomic E-state index is 12.6. The zero-order chi connectivity index (χ0) is 17.0. The van der Waals surface area contributed by atoms with Gasteiger partial charge in [-0.25, -0.2) is 13.8 Å². The lowest BCUT2D eigenvalue weighted by molar-refractivity contribution is 0.0929. The second-order valence-electron chi connectivity index (χ2n) is 5.12.